The van der Waals surface area contributed by atoms with E-state index in [-0.39, 0.29) is 12.1 Å². The molecule has 1 aromatic rings. The third-order valence-electron chi connectivity index (χ3n) is 3.55. The van der Waals surface area contributed by atoms with E-state index in [0.717, 1.165) is 18.7 Å². The minimum Gasteiger partial charge on any atom is -0.394 e. The van der Waals surface area contributed by atoms with Crippen molar-refractivity contribution in [1.82, 2.24) is 4.98 Å². The lowest BCUT2D eigenvalue weighted by molar-refractivity contribution is 0.215. The smallest absolute Gasteiger partial charge is 0.129 e. The molecule has 88 valence electrons. The number of pyridine rings is 1. The Morgan fingerprint density at radius 1 is 1.38 bits per heavy atom. The van der Waals surface area contributed by atoms with Gasteiger partial charge in [0.15, 0.2) is 0 Å². The van der Waals surface area contributed by atoms with Crippen molar-refractivity contribution in [2.75, 3.05) is 18.6 Å². The van der Waals surface area contributed by atoms with Crippen molar-refractivity contribution in [2.24, 2.45) is 0 Å². The Balaban J connectivity index is 2.28. The van der Waals surface area contributed by atoms with E-state index in [4.69, 9.17) is 0 Å². The Labute approximate surface area is 97.1 Å². The first-order valence-corrected chi connectivity index (χ1v) is 5.88. The first-order chi connectivity index (χ1) is 7.54. The number of aromatic nitrogens is 1. The zero-order chi connectivity index (χ0) is 11.8. The van der Waals surface area contributed by atoms with Gasteiger partial charge >= 0.3 is 0 Å². The van der Waals surface area contributed by atoms with Crippen LogP contribution in [0.2, 0.25) is 0 Å². The van der Waals surface area contributed by atoms with Gasteiger partial charge in [0.1, 0.15) is 5.82 Å². The fourth-order valence-electron chi connectivity index (χ4n) is 2.01. The molecule has 0 saturated heterocycles. The van der Waals surface area contributed by atoms with E-state index >= 15 is 0 Å². The topological polar surface area (TPSA) is 36.4 Å². The lowest BCUT2D eigenvalue weighted by Gasteiger charge is -2.35. The number of anilines is 1. The second-order valence-corrected chi connectivity index (χ2v) is 5.16. The molecule has 0 atom stereocenters. The Morgan fingerprint density at radius 3 is 2.81 bits per heavy atom. The molecule has 0 amide bonds. The van der Waals surface area contributed by atoms with Crippen molar-refractivity contribution in [3.8, 4) is 0 Å². The highest BCUT2D eigenvalue weighted by Gasteiger charge is 2.24. The first kappa shape index (κ1) is 11.4. The predicted octanol–water partition coefficient (Wildman–Crippen LogP) is 1.78. The van der Waals surface area contributed by atoms with Gasteiger partial charge in [0.2, 0.25) is 0 Å². The fourth-order valence-corrected chi connectivity index (χ4v) is 2.01. The van der Waals surface area contributed by atoms with Gasteiger partial charge < -0.3 is 10.0 Å². The summed E-state index contributed by atoms with van der Waals surface area (Å²) in [5.41, 5.74) is 2.36. The second kappa shape index (κ2) is 4.06. The number of rotatable bonds is 3. The number of nitrogens with zero attached hydrogens (tertiary/aromatic N) is 2. The van der Waals surface area contributed by atoms with E-state index in [9.17, 15) is 5.11 Å². The Bertz CT molecular complexity index is 388. The van der Waals surface area contributed by atoms with Gasteiger partial charge in [-0.1, -0.05) is 6.07 Å². The molecular formula is C13H20N2O. The summed E-state index contributed by atoms with van der Waals surface area (Å²) in [6, 6.07) is 4.23. The Morgan fingerprint density at radius 2 is 2.12 bits per heavy atom. The Kier molecular flexibility index (Phi) is 2.89. The number of hydrogen-bond donors (Lipinski definition) is 1. The van der Waals surface area contributed by atoms with Crippen LogP contribution in [0.4, 0.5) is 5.82 Å². The van der Waals surface area contributed by atoms with Gasteiger partial charge in [-0.3, -0.25) is 0 Å². The first-order valence-electron chi connectivity index (χ1n) is 5.88. The van der Waals surface area contributed by atoms with Gasteiger partial charge in [0.05, 0.1) is 12.1 Å². The minimum atomic E-state index is -0.264. The molecule has 0 spiro atoms. The highest BCUT2D eigenvalue weighted by atomic mass is 16.3. The lowest BCUT2D eigenvalue weighted by atomic mass is 10.1. The standard InChI is InChI=1S/C13H20N2O/c1-13(2,9-16)15(3)12-8-7-10-5-4-6-11(10)14-12/h7-8,16H,4-6,9H2,1-3H3. The third-order valence-corrected chi connectivity index (χ3v) is 3.55. The zero-order valence-corrected chi connectivity index (χ0v) is 10.3. The van der Waals surface area contributed by atoms with E-state index in [1.54, 1.807) is 0 Å². The van der Waals surface area contributed by atoms with Crippen LogP contribution in [0.5, 0.6) is 0 Å². The summed E-state index contributed by atoms with van der Waals surface area (Å²) < 4.78 is 0. The molecule has 2 rings (SSSR count). The maximum Gasteiger partial charge on any atom is 0.129 e. The van der Waals surface area contributed by atoms with Crippen LogP contribution in [-0.2, 0) is 12.8 Å². The van der Waals surface area contributed by atoms with Crippen molar-refractivity contribution in [3.05, 3.63) is 23.4 Å². The quantitative estimate of drug-likeness (QED) is 0.843. The van der Waals surface area contributed by atoms with Gasteiger partial charge in [-0.2, -0.15) is 0 Å². The summed E-state index contributed by atoms with van der Waals surface area (Å²) in [6.45, 7) is 4.16. The molecule has 1 aliphatic rings. The highest BCUT2D eigenvalue weighted by molar-refractivity contribution is 5.44. The van der Waals surface area contributed by atoms with Crippen LogP contribution >= 0.6 is 0 Å². The highest BCUT2D eigenvalue weighted by Crippen LogP contribution is 2.25. The molecule has 1 aromatic heterocycles. The summed E-state index contributed by atoms with van der Waals surface area (Å²) in [7, 11) is 1.99. The van der Waals surface area contributed by atoms with Crippen molar-refractivity contribution in [3.63, 3.8) is 0 Å². The predicted molar refractivity (Wildman–Crippen MR) is 65.8 cm³/mol. The van der Waals surface area contributed by atoms with Gasteiger partial charge in [0, 0.05) is 12.7 Å². The van der Waals surface area contributed by atoms with Crippen LogP contribution in [-0.4, -0.2) is 29.3 Å². The van der Waals surface area contributed by atoms with Crippen molar-refractivity contribution < 1.29 is 5.11 Å². The second-order valence-electron chi connectivity index (χ2n) is 5.16. The summed E-state index contributed by atoms with van der Waals surface area (Å²) in [4.78, 5) is 6.73. The van der Waals surface area contributed by atoms with Crippen molar-refractivity contribution in [2.45, 2.75) is 38.6 Å². The van der Waals surface area contributed by atoms with Gasteiger partial charge in [-0.15, -0.1) is 0 Å². The van der Waals surface area contributed by atoms with Crippen LogP contribution in [0.15, 0.2) is 12.1 Å². The van der Waals surface area contributed by atoms with E-state index in [0.29, 0.717) is 0 Å². The van der Waals surface area contributed by atoms with E-state index in [1.165, 1.54) is 17.7 Å². The van der Waals surface area contributed by atoms with E-state index in [1.807, 2.05) is 25.8 Å². The minimum absolute atomic E-state index is 0.127. The third kappa shape index (κ3) is 1.92. The summed E-state index contributed by atoms with van der Waals surface area (Å²) in [6.07, 6.45) is 3.48. The van der Waals surface area contributed by atoms with Gasteiger partial charge in [-0.05, 0) is 44.7 Å². The number of likely N-dealkylation sites (N-methyl/N-ethyl adjacent to an activating group) is 1. The number of aryl methyl sites for hydroxylation is 2. The van der Waals surface area contributed by atoms with Crippen LogP contribution in [0, 0.1) is 0 Å². The van der Waals surface area contributed by atoms with Crippen LogP contribution in [0.25, 0.3) is 0 Å². The largest absolute Gasteiger partial charge is 0.394 e. The van der Waals surface area contributed by atoms with Crippen molar-refractivity contribution >= 4 is 5.82 Å². The molecule has 1 aliphatic carbocycles. The fraction of sp³-hybridized carbons (Fsp3) is 0.615. The molecule has 0 radical (unpaired) electrons. The maximum absolute atomic E-state index is 9.35. The molecule has 0 aromatic carbocycles. The normalized spacial score (nSPS) is 15.0. The molecule has 0 saturated carbocycles. The molecule has 3 nitrogen and oxygen atoms in total. The number of aliphatic hydroxyl groups excluding tert-OH is 1. The van der Waals surface area contributed by atoms with Gasteiger partial charge in [0.25, 0.3) is 0 Å². The zero-order valence-electron chi connectivity index (χ0n) is 10.3. The molecule has 1 N–H and O–H groups in total. The number of hydrogen-bond acceptors (Lipinski definition) is 3. The summed E-state index contributed by atoms with van der Waals surface area (Å²) in [5.74, 6) is 0.958. The van der Waals surface area contributed by atoms with Crippen molar-refractivity contribution in [1.29, 1.82) is 0 Å². The SMILES string of the molecule is CN(c1ccc2c(n1)CCC2)C(C)(C)CO. The molecular weight excluding hydrogens is 200 g/mol. The summed E-state index contributed by atoms with van der Waals surface area (Å²) >= 11 is 0. The summed E-state index contributed by atoms with van der Waals surface area (Å²) in [5, 5.41) is 9.35. The Hall–Kier alpha value is -1.09. The molecule has 0 aliphatic heterocycles. The average molecular weight is 220 g/mol. The molecule has 0 unspecified atom stereocenters. The number of aliphatic hydroxyl groups is 1. The van der Waals surface area contributed by atoms with Crippen LogP contribution in [0.3, 0.4) is 0 Å². The molecule has 0 bridgehead atoms. The average Bonchev–Trinajstić information content (AvgIpc) is 2.74. The van der Waals surface area contributed by atoms with E-state index in [2.05, 4.69) is 17.1 Å². The van der Waals surface area contributed by atoms with Crippen LogP contribution in [0.1, 0.15) is 31.5 Å². The van der Waals surface area contributed by atoms with Crippen LogP contribution < -0.4 is 4.90 Å². The van der Waals surface area contributed by atoms with E-state index < -0.39 is 0 Å². The molecule has 3 heteroatoms. The monoisotopic (exact) mass is 220 g/mol. The molecule has 16 heavy (non-hydrogen) atoms. The maximum atomic E-state index is 9.35. The molecule has 0 fully saturated rings. The van der Waals surface area contributed by atoms with Gasteiger partial charge in [-0.25, -0.2) is 4.98 Å². The number of fused-ring (bicyclic) bond motifs is 1. The lowest BCUT2D eigenvalue weighted by Crippen LogP contribution is -2.44. The molecule has 1 heterocycles.